The van der Waals surface area contributed by atoms with Crippen LogP contribution in [-0.2, 0) is 9.59 Å². The van der Waals surface area contributed by atoms with Gasteiger partial charge in [0.05, 0.1) is 11.2 Å². The van der Waals surface area contributed by atoms with Crippen LogP contribution in [0.3, 0.4) is 0 Å². The van der Waals surface area contributed by atoms with Crippen molar-refractivity contribution in [1.82, 2.24) is 5.32 Å². The van der Waals surface area contributed by atoms with Crippen molar-refractivity contribution in [2.24, 2.45) is 0 Å². The average Bonchev–Trinajstić information content (AvgIpc) is 2.69. The molecule has 2 heterocycles. The minimum atomic E-state index is -0.517. The first-order valence-corrected chi connectivity index (χ1v) is 10.6. The summed E-state index contributed by atoms with van der Waals surface area (Å²) >= 11 is 11.3. The monoisotopic (exact) mass is 451 g/mol. The molecule has 0 spiro atoms. The summed E-state index contributed by atoms with van der Waals surface area (Å²) in [5, 5.41) is 3.11. The highest BCUT2D eigenvalue weighted by Crippen LogP contribution is 2.38. The number of likely N-dealkylation sites (N-methyl/N-ethyl adjacent to an activating group) is 1. The van der Waals surface area contributed by atoms with Crippen molar-refractivity contribution in [2.75, 3.05) is 16.8 Å². The van der Waals surface area contributed by atoms with Gasteiger partial charge in [0.2, 0.25) is 0 Å². The normalized spacial score (nSPS) is 19.3. The van der Waals surface area contributed by atoms with Crippen molar-refractivity contribution < 1.29 is 9.59 Å². The first kappa shape index (κ1) is 21.3. The van der Waals surface area contributed by atoms with Gasteiger partial charge in [0.15, 0.2) is 5.11 Å². The van der Waals surface area contributed by atoms with E-state index in [1.54, 1.807) is 30.3 Å². The van der Waals surface area contributed by atoms with Crippen molar-refractivity contribution >= 4 is 63.8 Å². The molecule has 158 valence electrons. The largest absolute Gasteiger partial charge is 0.366 e. The van der Waals surface area contributed by atoms with Gasteiger partial charge in [0.1, 0.15) is 5.57 Å². The third-order valence-corrected chi connectivity index (χ3v) is 6.24. The van der Waals surface area contributed by atoms with Crippen LogP contribution in [0.1, 0.15) is 31.9 Å². The highest BCUT2D eigenvalue weighted by atomic mass is 35.5. The maximum atomic E-state index is 13.2. The number of anilines is 2. The van der Waals surface area contributed by atoms with E-state index in [4.69, 9.17) is 23.8 Å². The Morgan fingerprint density at radius 2 is 1.87 bits per heavy atom. The summed E-state index contributed by atoms with van der Waals surface area (Å²) in [7, 11) is 2.06. The fourth-order valence-corrected chi connectivity index (χ4v) is 4.41. The van der Waals surface area contributed by atoms with Crippen LogP contribution in [0.4, 0.5) is 11.4 Å². The van der Waals surface area contributed by atoms with Crippen LogP contribution in [-0.4, -0.2) is 29.5 Å². The van der Waals surface area contributed by atoms with E-state index in [1.165, 1.54) is 4.90 Å². The van der Waals surface area contributed by atoms with Crippen LogP contribution in [0.25, 0.3) is 11.6 Å². The van der Waals surface area contributed by atoms with E-state index in [-0.39, 0.29) is 16.2 Å². The number of nitrogens with one attached hydrogen (secondary N) is 1. The molecule has 1 saturated heterocycles. The molecule has 0 radical (unpaired) electrons. The van der Waals surface area contributed by atoms with Gasteiger partial charge < -0.3 is 4.90 Å². The van der Waals surface area contributed by atoms with Crippen LogP contribution in [0.15, 0.2) is 54.1 Å². The second kappa shape index (κ2) is 7.62. The molecule has 5 nitrogen and oxygen atoms in total. The third-order valence-electron chi connectivity index (χ3n) is 5.72. The molecule has 1 fully saturated rings. The highest BCUT2D eigenvalue weighted by molar-refractivity contribution is 7.80. The van der Waals surface area contributed by atoms with Gasteiger partial charge in [-0.1, -0.05) is 29.8 Å². The molecule has 2 aliphatic heterocycles. The number of allylic oxidation sites excluding steroid dienone is 1. The van der Waals surface area contributed by atoms with Crippen LogP contribution < -0.4 is 15.1 Å². The Labute approximate surface area is 192 Å². The number of hydrogen-bond acceptors (Lipinski definition) is 4. The number of halogens is 1. The third kappa shape index (κ3) is 3.77. The van der Waals surface area contributed by atoms with Gasteiger partial charge >= 0.3 is 0 Å². The molecule has 0 bridgehead atoms. The quantitative estimate of drug-likeness (QED) is 0.404. The van der Waals surface area contributed by atoms with Gasteiger partial charge in [-0.3, -0.25) is 19.8 Å². The van der Waals surface area contributed by atoms with Crippen molar-refractivity contribution in [3.05, 3.63) is 70.3 Å². The number of rotatable bonds is 2. The van der Waals surface area contributed by atoms with Crippen molar-refractivity contribution in [2.45, 2.75) is 26.3 Å². The number of thiocarbonyl (C=S) groups is 1. The molecular formula is C24H22ClN3O2S. The predicted molar refractivity (Wildman–Crippen MR) is 130 cm³/mol. The minimum Gasteiger partial charge on any atom is -0.366 e. The summed E-state index contributed by atoms with van der Waals surface area (Å²) in [5.41, 5.74) is 4.51. The summed E-state index contributed by atoms with van der Waals surface area (Å²) in [6.07, 6.45) is 3.81. The lowest BCUT2D eigenvalue weighted by Crippen LogP contribution is -2.54. The van der Waals surface area contributed by atoms with Crippen molar-refractivity contribution in [1.29, 1.82) is 0 Å². The summed E-state index contributed by atoms with van der Waals surface area (Å²) in [5.74, 6) is -1.00. The molecule has 0 aliphatic carbocycles. The zero-order chi connectivity index (χ0) is 22.5. The van der Waals surface area contributed by atoms with E-state index in [9.17, 15) is 9.59 Å². The summed E-state index contributed by atoms with van der Waals surface area (Å²) in [4.78, 5) is 29.3. The number of hydrogen-bond donors (Lipinski definition) is 1. The molecule has 0 atom stereocenters. The van der Waals surface area contributed by atoms with Gasteiger partial charge in [-0.2, -0.15) is 0 Å². The van der Waals surface area contributed by atoms with Crippen molar-refractivity contribution in [3.8, 4) is 0 Å². The van der Waals surface area contributed by atoms with E-state index in [0.717, 1.165) is 22.4 Å². The highest BCUT2D eigenvalue weighted by Gasteiger charge is 2.35. The predicted octanol–water partition coefficient (Wildman–Crippen LogP) is 4.80. The first-order valence-electron chi connectivity index (χ1n) is 9.83. The zero-order valence-electron chi connectivity index (χ0n) is 17.7. The Morgan fingerprint density at radius 3 is 2.58 bits per heavy atom. The van der Waals surface area contributed by atoms with Crippen molar-refractivity contribution in [3.63, 3.8) is 0 Å². The SMILES string of the molecule is CC1=CC(C)(C)N(C)c2ccc(/C=C3/C(=O)NC(=S)N(c4cccc(Cl)c4)C3=O)cc21. The fourth-order valence-electron chi connectivity index (χ4n) is 3.94. The number of carbonyl (C=O) groups is 2. The number of benzene rings is 2. The number of amides is 2. The Kier molecular flexibility index (Phi) is 5.23. The summed E-state index contributed by atoms with van der Waals surface area (Å²) in [6.45, 7) is 6.39. The molecule has 2 aromatic rings. The molecule has 0 saturated carbocycles. The summed E-state index contributed by atoms with van der Waals surface area (Å²) < 4.78 is 0. The molecule has 4 rings (SSSR count). The maximum Gasteiger partial charge on any atom is 0.270 e. The van der Waals surface area contributed by atoms with E-state index >= 15 is 0 Å². The molecular weight excluding hydrogens is 430 g/mol. The number of carbonyl (C=O) groups excluding carboxylic acids is 2. The Morgan fingerprint density at radius 1 is 1.13 bits per heavy atom. The summed E-state index contributed by atoms with van der Waals surface area (Å²) in [6, 6.07) is 12.7. The van der Waals surface area contributed by atoms with Crippen LogP contribution in [0, 0.1) is 0 Å². The molecule has 7 heteroatoms. The molecule has 2 aromatic carbocycles. The second-order valence-electron chi connectivity index (χ2n) is 8.25. The lowest BCUT2D eigenvalue weighted by atomic mass is 9.88. The first-order chi connectivity index (χ1) is 14.6. The standard InChI is InChI=1S/C24H22ClN3O2S/c1-14-13-24(2,3)27(4)20-9-8-15(10-18(14)20)11-19-21(29)26-23(31)28(22(19)30)17-7-5-6-16(25)12-17/h5-13H,1-4H3,(H,26,29,31)/b19-11-. The van der Waals surface area contributed by atoms with Crippen LogP contribution >= 0.6 is 23.8 Å². The Bertz CT molecular complexity index is 1200. The molecule has 0 unspecified atom stereocenters. The van der Waals surface area contributed by atoms with E-state index in [1.807, 2.05) is 18.2 Å². The van der Waals surface area contributed by atoms with Gasteiger partial charge in [-0.25, -0.2) is 0 Å². The molecule has 1 N–H and O–H groups in total. The Hall–Kier alpha value is -2.96. The molecule has 31 heavy (non-hydrogen) atoms. The van der Waals surface area contributed by atoms with Gasteiger partial charge in [0, 0.05) is 23.3 Å². The minimum absolute atomic E-state index is 0.0136. The fraction of sp³-hybridized carbons (Fsp3) is 0.208. The van der Waals surface area contributed by atoms with Gasteiger partial charge in [0.25, 0.3) is 11.8 Å². The number of nitrogens with zero attached hydrogens (tertiary/aromatic N) is 2. The molecule has 2 aliphatic rings. The Balaban J connectivity index is 1.75. The average molecular weight is 452 g/mol. The number of fused-ring (bicyclic) bond motifs is 1. The van der Waals surface area contributed by atoms with E-state index in [0.29, 0.717) is 10.7 Å². The maximum absolute atomic E-state index is 13.2. The smallest absolute Gasteiger partial charge is 0.270 e. The van der Waals surface area contributed by atoms with Crippen LogP contribution in [0.2, 0.25) is 5.02 Å². The zero-order valence-corrected chi connectivity index (χ0v) is 19.3. The van der Waals surface area contributed by atoms with Gasteiger partial charge in [-0.05, 0) is 80.5 Å². The topological polar surface area (TPSA) is 52.7 Å². The van der Waals surface area contributed by atoms with Crippen LogP contribution in [0.5, 0.6) is 0 Å². The molecule has 0 aromatic heterocycles. The molecule has 2 amide bonds. The lowest BCUT2D eigenvalue weighted by Gasteiger charge is -2.40. The lowest BCUT2D eigenvalue weighted by molar-refractivity contribution is -0.122. The van der Waals surface area contributed by atoms with E-state index in [2.05, 4.69) is 44.1 Å². The second-order valence-corrected chi connectivity index (χ2v) is 9.08. The van der Waals surface area contributed by atoms with Gasteiger partial charge in [-0.15, -0.1) is 0 Å². The van der Waals surface area contributed by atoms with E-state index < -0.39 is 11.8 Å².